The quantitative estimate of drug-likeness (QED) is 0.285. The van der Waals surface area contributed by atoms with Crippen molar-refractivity contribution in [2.24, 2.45) is 4.99 Å². The number of hydrazine groups is 1. The Kier molecular flexibility index (Phi) is 5.47. The number of rotatable bonds is 5. The first-order valence-electron chi connectivity index (χ1n) is 3.95. The summed E-state index contributed by atoms with van der Waals surface area (Å²) < 4.78 is 0. The molecule has 0 aromatic rings. The largest absolute Gasteiger partial charge is 0.287 e. The molecule has 0 aliphatic rings. The SMILES string of the molecule is C=N/C=C\C(=C)C(=O)NNC(C)C. The van der Waals surface area contributed by atoms with E-state index in [9.17, 15) is 4.79 Å². The molecule has 0 rings (SSSR count). The van der Waals surface area contributed by atoms with Crippen molar-refractivity contribution in [3.05, 3.63) is 24.4 Å². The van der Waals surface area contributed by atoms with E-state index < -0.39 is 0 Å². The van der Waals surface area contributed by atoms with Crippen LogP contribution in [0.25, 0.3) is 0 Å². The van der Waals surface area contributed by atoms with Crippen molar-refractivity contribution in [3.63, 3.8) is 0 Å². The van der Waals surface area contributed by atoms with Gasteiger partial charge in [0, 0.05) is 17.8 Å². The normalized spacial score (nSPS) is 10.4. The van der Waals surface area contributed by atoms with E-state index >= 15 is 0 Å². The minimum atomic E-state index is -0.270. The average molecular weight is 181 g/mol. The molecule has 0 bridgehead atoms. The molecule has 13 heavy (non-hydrogen) atoms. The van der Waals surface area contributed by atoms with E-state index in [1.54, 1.807) is 0 Å². The zero-order chi connectivity index (χ0) is 10.3. The van der Waals surface area contributed by atoms with Crippen LogP contribution in [0.3, 0.4) is 0 Å². The van der Waals surface area contributed by atoms with Crippen molar-refractivity contribution < 1.29 is 4.79 Å². The Morgan fingerprint density at radius 1 is 1.54 bits per heavy atom. The molecule has 0 saturated heterocycles. The molecule has 2 N–H and O–H groups in total. The van der Waals surface area contributed by atoms with Crippen molar-refractivity contribution in [2.45, 2.75) is 19.9 Å². The van der Waals surface area contributed by atoms with E-state index in [1.165, 1.54) is 12.3 Å². The van der Waals surface area contributed by atoms with Crippen LogP contribution in [-0.4, -0.2) is 18.7 Å². The molecule has 0 atom stereocenters. The Labute approximate surface area is 78.4 Å². The molecule has 0 unspecified atom stereocenters. The maximum Gasteiger partial charge on any atom is 0.264 e. The number of amides is 1. The predicted molar refractivity (Wildman–Crippen MR) is 54.2 cm³/mol. The lowest BCUT2D eigenvalue weighted by Gasteiger charge is -2.09. The van der Waals surface area contributed by atoms with Gasteiger partial charge in [0.2, 0.25) is 0 Å². The van der Waals surface area contributed by atoms with Gasteiger partial charge in [-0.1, -0.05) is 6.58 Å². The summed E-state index contributed by atoms with van der Waals surface area (Å²) in [6, 6.07) is 0.193. The Balaban J connectivity index is 3.90. The van der Waals surface area contributed by atoms with Crippen LogP contribution in [0.5, 0.6) is 0 Å². The number of nitrogens with zero attached hydrogens (tertiary/aromatic N) is 1. The third kappa shape index (κ3) is 5.81. The van der Waals surface area contributed by atoms with Gasteiger partial charge in [0.05, 0.1) is 0 Å². The number of hydrogen-bond acceptors (Lipinski definition) is 3. The van der Waals surface area contributed by atoms with Crippen LogP contribution in [0.2, 0.25) is 0 Å². The minimum absolute atomic E-state index is 0.193. The molecular weight excluding hydrogens is 166 g/mol. The third-order valence-corrected chi connectivity index (χ3v) is 1.15. The van der Waals surface area contributed by atoms with Crippen molar-refractivity contribution in [2.75, 3.05) is 0 Å². The monoisotopic (exact) mass is 181 g/mol. The number of carbonyl (C=O) groups is 1. The van der Waals surface area contributed by atoms with Gasteiger partial charge in [0.15, 0.2) is 0 Å². The van der Waals surface area contributed by atoms with Gasteiger partial charge in [-0.25, -0.2) is 5.43 Å². The molecule has 0 aliphatic heterocycles. The number of nitrogens with one attached hydrogen (secondary N) is 2. The summed E-state index contributed by atoms with van der Waals surface area (Å²) in [6.45, 7) is 10.6. The van der Waals surface area contributed by atoms with Gasteiger partial charge in [-0.15, -0.1) is 0 Å². The lowest BCUT2D eigenvalue weighted by Crippen LogP contribution is -2.41. The Bertz CT molecular complexity index is 231. The highest BCUT2D eigenvalue weighted by Crippen LogP contribution is 1.91. The highest BCUT2D eigenvalue weighted by Gasteiger charge is 2.02. The van der Waals surface area contributed by atoms with E-state index in [1.807, 2.05) is 13.8 Å². The minimum Gasteiger partial charge on any atom is -0.287 e. The molecule has 0 fully saturated rings. The second kappa shape index (κ2) is 6.14. The fourth-order valence-corrected chi connectivity index (χ4v) is 0.509. The van der Waals surface area contributed by atoms with E-state index in [4.69, 9.17) is 0 Å². The molecule has 0 aliphatic carbocycles. The van der Waals surface area contributed by atoms with Crippen LogP contribution in [0.1, 0.15) is 13.8 Å². The molecular formula is C9H15N3O. The fourth-order valence-electron chi connectivity index (χ4n) is 0.509. The van der Waals surface area contributed by atoms with E-state index in [-0.39, 0.29) is 11.9 Å². The van der Waals surface area contributed by atoms with Gasteiger partial charge in [-0.2, -0.15) is 0 Å². The van der Waals surface area contributed by atoms with Gasteiger partial charge in [-0.05, 0) is 26.6 Å². The van der Waals surface area contributed by atoms with Crippen LogP contribution in [-0.2, 0) is 4.79 Å². The molecule has 72 valence electrons. The van der Waals surface area contributed by atoms with E-state index in [0.29, 0.717) is 5.57 Å². The topological polar surface area (TPSA) is 53.5 Å². The summed E-state index contributed by atoms with van der Waals surface area (Å²) in [5.41, 5.74) is 5.58. The van der Waals surface area contributed by atoms with Crippen molar-refractivity contribution >= 4 is 12.6 Å². The molecule has 1 amide bonds. The summed E-state index contributed by atoms with van der Waals surface area (Å²) in [5, 5.41) is 0. The van der Waals surface area contributed by atoms with Crippen molar-refractivity contribution in [1.29, 1.82) is 0 Å². The fraction of sp³-hybridized carbons (Fsp3) is 0.333. The van der Waals surface area contributed by atoms with Crippen molar-refractivity contribution in [1.82, 2.24) is 10.9 Å². The predicted octanol–water partition coefficient (Wildman–Crippen LogP) is 0.786. The smallest absolute Gasteiger partial charge is 0.264 e. The highest BCUT2D eigenvalue weighted by molar-refractivity contribution is 5.95. The maximum absolute atomic E-state index is 11.2. The summed E-state index contributed by atoms with van der Waals surface area (Å²) in [6.07, 6.45) is 2.90. The van der Waals surface area contributed by atoms with Crippen LogP contribution in [0.15, 0.2) is 29.4 Å². The average Bonchev–Trinajstić information content (AvgIpc) is 2.10. The zero-order valence-corrected chi connectivity index (χ0v) is 8.00. The van der Waals surface area contributed by atoms with Crippen molar-refractivity contribution in [3.8, 4) is 0 Å². The number of hydrogen-bond donors (Lipinski definition) is 2. The zero-order valence-electron chi connectivity index (χ0n) is 8.00. The number of carbonyl (C=O) groups excluding carboxylic acids is 1. The summed E-state index contributed by atoms with van der Waals surface area (Å²) >= 11 is 0. The number of aliphatic imine (C=N–C) groups is 1. The van der Waals surface area contributed by atoms with Crippen LogP contribution in [0, 0.1) is 0 Å². The van der Waals surface area contributed by atoms with Crippen LogP contribution in [0.4, 0.5) is 0 Å². The molecule has 4 nitrogen and oxygen atoms in total. The molecule has 4 heteroatoms. The van der Waals surface area contributed by atoms with Gasteiger partial charge < -0.3 is 0 Å². The molecule has 0 spiro atoms. The molecule has 0 heterocycles. The Morgan fingerprint density at radius 3 is 2.62 bits per heavy atom. The highest BCUT2D eigenvalue weighted by atomic mass is 16.2. The van der Waals surface area contributed by atoms with E-state index in [2.05, 4.69) is 29.1 Å². The molecule has 0 aromatic heterocycles. The summed E-state index contributed by atoms with van der Waals surface area (Å²) in [4.78, 5) is 14.6. The molecule has 0 aromatic carbocycles. The summed E-state index contributed by atoms with van der Waals surface area (Å²) in [7, 11) is 0. The van der Waals surface area contributed by atoms with Gasteiger partial charge in [0.25, 0.3) is 5.91 Å². The molecule has 0 saturated carbocycles. The van der Waals surface area contributed by atoms with Crippen LogP contribution < -0.4 is 10.9 Å². The lowest BCUT2D eigenvalue weighted by molar-refractivity contribution is -0.118. The second-order valence-electron chi connectivity index (χ2n) is 2.78. The Hall–Kier alpha value is -1.42. The van der Waals surface area contributed by atoms with Gasteiger partial charge in [0.1, 0.15) is 0 Å². The summed E-state index contributed by atoms with van der Waals surface area (Å²) in [5.74, 6) is -0.270. The first kappa shape index (κ1) is 11.6. The lowest BCUT2D eigenvalue weighted by atomic mass is 10.3. The first-order chi connectivity index (χ1) is 6.07. The molecule has 0 radical (unpaired) electrons. The standard InChI is InChI=1S/C9H15N3O/c1-7(2)11-12-9(13)8(3)5-6-10-4/h5-7,11H,3-4H2,1-2H3,(H,12,13)/b6-5-. The second-order valence-corrected chi connectivity index (χ2v) is 2.78. The van der Waals surface area contributed by atoms with E-state index in [0.717, 1.165) is 0 Å². The third-order valence-electron chi connectivity index (χ3n) is 1.15. The van der Waals surface area contributed by atoms with Gasteiger partial charge >= 0.3 is 0 Å². The Morgan fingerprint density at radius 2 is 2.15 bits per heavy atom. The van der Waals surface area contributed by atoms with Crippen LogP contribution >= 0.6 is 0 Å². The van der Waals surface area contributed by atoms with Gasteiger partial charge in [-0.3, -0.25) is 15.2 Å². The first-order valence-corrected chi connectivity index (χ1v) is 3.95. The maximum atomic E-state index is 11.2.